The average molecular weight is 317 g/mol. The predicted molar refractivity (Wildman–Crippen MR) is 77.1 cm³/mol. The fourth-order valence-electron chi connectivity index (χ4n) is 2.20. The van der Waals surface area contributed by atoms with Crippen LogP contribution in [0.2, 0.25) is 0 Å². The lowest BCUT2D eigenvalue weighted by atomic mass is 10.1. The average Bonchev–Trinajstić information content (AvgIpc) is 2.90. The SMILES string of the molecule is Cc1c(F)cccc1Nc1nc2ccc(CC(=O)[O-])c(F)c2o1. The monoisotopic (exact) mass is 317 g/mol. The molecule has 1 heterocycles. The van der Waals surface area contributed by atoms with Gasteiger partial charge in [0.15, 0.2) is 11.4 Å². The molecule has 0 bridgehead atoms. The van der Waals surface area contributed by atoms with E-state index in [2.05, 4.69) is 10.3 Å². The summed E-state index contributed by atoms with van der Waals surface area (Å²) < 4.78 is 33.0. The molecule has 0 saturated heterocycles. The van der Waals surface area contributed by atoms with E-state index in [0.717, 1.165) is 0 Å². The van der Waals surface area contributed by atoms with E-state index in [1.54, 1.807) is 13.0 Å². The van der Waals surface area contributed by atoms with Crippen molar-refractivity contribution in [1.82, 2.24) is 4.98 Å². The molecular formula is C16H11F2N2O3-. The number of hydrogen-bond donors (Lipinski definition) is 1. The third-order valence-electron chi connectivity index (χ3n) is 3.42. The normalized spacial score (nSPS) is 10.9. The van der Waals surface area contributed by atoms with Crippen LogP contribution in [0.4, 0.5) is 20.5 Å². The van der Waals surface area contributed by atoms with E-state index in [0.29, 0.717) is 11.3 Å². The molecule has 23 heavy (non-hydrogen) atoms. The Balaban J connectivity index is 1.98. The van der Waals surface area contributed by atoms with E-state index >= 15 is 0 Å². The highest BCUT2D eigenvalue weighted by Gasteiger charge is 2.15. The number of hydrogen-bond acceptors (Lipinski definition) is 5. The van der Waals surface area contributed by atoms with Gasteiger partial charge in [0, 0.05) is 23.6 Å². The first-order chi connectivity index (χ1) is 11.0. The van der Waals surface area contributed by atoms with Gasteiger partial charge in [-0.05, 0) is 30.7 Å². The van der Waals surface area contributed by atoms with Gasteiger partial charge in [-0.3, -0.25) is 0 Å². The zero-order valence-corrected chi connectivity index (χ0v) is 12.0. The van der Waals surface area contributed by atoms with Crippen molar-refractivity contribution >= 4 is 28.8 Å². The number of oxazole rings is 1. The summed E-state index contributed by atoms with van der Waals surface area (Å²) >= 11 is 0. The summed E-state index contributed by atoms with van der Waals surface area (Å²) in [5, 5.41) is 13.4. The molecule has 0 atom stereocenters. The summed E-state index contributed by atoms with van der Waals surface area (Å²) in [7, 11) is 0. The van der Waals surface area contributed by atoms with E-state index < -0.39 is 24.0 Å². The maximum Gasteiger partial charge on any atom is 0.300 e. The van der Waals surface area contributed by atoms with Crippen LogP contribution < -0.4 is 10.4 Å². The Kier molecular flexibility index (Phi) is 3.69. The number of carboxylic acid groups (broad SMARTS) is 1. The number of nitrogens with one attached hydrogen (secondary N) is 1. The largest absolute Gasteiger partial charge is 0.550 e. The lowest BCUT2D eigenvalue weighted by molar-refractivity contribution is -0.304. The number of aliphatic carboxylic acids is 1. The molecule has 0 amide bonds. The molecule has 3 aromatic rings. The number of carboxylic acids is 1. The molecule has 0 aliphatic heterocycles. The number of nitrogens with zero attached hydrogens (tertiary/aromatic N) is 1. The highest BCUT2D eigenvalue weighted by atomic mass is 19.1. The Morgan fingerprint density at radius 3 is 2.83 bits per heavy atom. The second kappa shape index (κ2) is 5.68. The van der Waals surface area contributed by atoms with Gasteiger partial charge in [-0.15, -0.1) is 0 Å². The van der Waals surface area contributed by atoms with E-state index in [-0.39, 0.29) is 22.7 Å². The molecule has 1 aromatic heterocycles. The maximum atomic E-state index is 14.2. The Morgan fingerprint density at radius 1 is 1.30 bits per heavy atom. The zero-order chi connectivity index (χ0) is 16.6. The standard InChI is InChI=1S/C16H12F2N2O3/c1-8-10(17)3-2-4-11(8)19-16-20-12-6-5-9(7-13(21)22)14(18)15(12)23-16/h2-6H,7H2,1H3,(H,19,20)(H,21,22)/p-1. The number of rotatable bonds is 4. The number of halogens is 2. The number of anilines is 2. The summed E-state index contributed by atoms with van der Waals surface area (Å²) in [5.41, 5.74) is 0.809. The summed E-state index contributed by atoms with van der Waals surface area (Å²) in [5.74, 6) is -2.59. The highest BCUT2D eigenvalue weighted by molar-refractivity contribution is 5.79. The van der Waals surface area contributed by atoms with Crippen LogP contribution in [0.1, 0.15) is 11.1 Å². The third kappa shape index (κ3) is 2.85. The van der Waals surface area contributed by atoms with Crippen molar-refractivity contribution in [3.8, 4) is 0 Å². The number of fused-ring (bicyclic) bond motifs is 1. The molecule has 0 aliphatic rings. The minimum Gasteiger partial charge on any atom is -0.550 e. The zero-order valence-electron chi connectivity index (χ0n) is 12.0. The van der Waals surface area contributed by atoms with Crippen LogP contribution >= 0.6 is 0 Å². The van der Waals surface area contributed by atoms with Crippen LogP contribution in [0.3, 0.4) is 0 Å². The summed E-state index contributed by atoms with van der Waals surface area (Å²) in [6.07, 6.45) is -0.561. The molecule has 5 nitrogen and oxygen atoms in total. The van der Waals surface area contributed by atoms with Gasteiger partial charge in [-0.1, -0.05) is 12.1 Å². The van der Waals surface area contributed by atoms with Crippen molar-refractivity contribution in [3.63, 3.8) is 0 Å². The topological polar surface area (TPSA) is 78.2 Å². The molecule has 1 N–H and O–H groups in total. The molecule has 3 rings (SSSR count). The minimum absolute atomic E-state index is 0.0156. The van der Waals surface area contributed by atoms with Gasteiger partial charge in [0.2, 0.25) is 0 Å². The van der Waals surface area contributed by atoms with Gasteiger partial charge >= 0.3 is 0 Å². The fourth-order valence-corrected chi connectivity index (χ4v) is 2.20. The Labute approximate surface area is 129 Å². The van der Waals surface area contributed by atoms with Crippen LogP contribution in [0, 0.1) is 18.6 Å². The van der Waals surface area contributed by atoms with Crippen molar-refractivity contribution in [2.75, 3.05) is 5.32 Å². The second-order valence-corrected chi connectivity index (χ2v) is 4.99. The number of carbonyl (C=O) groups excluding carboxylic acids is 1. The molecule has 0 aliphatic carbocycles. The van der Waals surface area contributed by atoms with Crippen molar-refractivity contribution < 1.29 is 23.1 Å². The van der Waals surface area contributed by atoms with Crippen LogP contribution in [0.15, 0.2) is 34.7 Å². The van der Waals surface area contributed by atoms with Crippen LogP contribution in [-0.2, 0) is 11.2 Å². The smallest absolute Gasteiger partial charge is 0.300 e. The van der Waals surface area contributed by atoms with E-state index in [9.17, 15) is 18.7 Å². The summed E-state index contributed by atoms with van der Waals surface area (Å²) in [6, 6.07) is 7.21. The second-order valence-electron chi connectivity index (χ2n) is 4.99. The van der Waals surface area contributed by atoms with Gasteiger partial charge in [0.1, 0.15) is 11.3 Å². The van der Waals surface area contributed by atoms with Crippen LogP contribution in [-0.4, -0.2) is 11.0 Å². The molecule has 7 heteroatoms. The van der Waals surface area contributed by atoms with E-state index in [1.807, 2.05) is 0 Å². The van der Waals surface area contributed by atoms with Crippen LogP contribution in [0.25, 0.3) is 11.1 Å². The first-order valence-electron chi connectivity index (χ1n) is 6.75. The maximum absolute atomic E-state index is 14.2. The van der Waals surface area contributed by atoms with Gasteiger partial charge in [0.25, 0.3) is 6.01 Å². The van der Waals surface area contributed by atoms with E-state index in [1.165, 1.54) is 24.3 Å². The molecule has 0 radical (unpaired) electrons. The lowest BCUT2D eigenvalue weighted by Gasteiger charge is -2.05. The Morgan fingerprint density at radius 2 is 2.09 bits per heavy atom. The lowest BCUT2D eigenvalue weighted by Crippen LogP contribution is -2.24. The molecule has 0 saturated carbocycles. The van der Waals surface area contributed by atoms with E-state index in [4.69, 9.17) is 4.42 Å². The van der Waals surface area contributed by atoms with Crippen molar-refractivity contribution in [2.45, 2.75) is 13.3 Å². The minimum atomic E-state index is -1.39. The number of aromatic nitrogens is 1. The molecule has 0 fully saturated rings. The van der Waals surface area contributed by atoms with Gasteiger partial charge in [0.05, 0.1) is 0 Å². The molecule has 2 aromatic carbocycles. The third-order valence-corrected chi connectivity index (χ3v) is 3.42. The number of benzene rings is 2. The number of carbonyl (C=O) groups is 1. The molecule has 118 valence electrons. The molecular weight excluding hydrogens is 306 g/mol. The van der Waals surface area contributed by atoms with Crippen molar-refractivity contribution in [2.24, 2.45) is 0 Å². The van der Waals surface area contributed by atoms with Crippen LogP contribution in [0.5, 0.6) is 0 Å². The van der Waals surface area contributed by atoms with Gasteiger partial charge in [-0.25, -0.2) is 8.78 Å². The highest BCUT2D eigenvalue weighted by Crippen LogP contribution is 2.28. The summed E-state index contributed by atoms with van der Waals surface area (Å²) in [6.45, 7) is 1.58. The van der Waals surface area contributed by atoms with Gasteiger partial charge in [-0.2, -0.15) is 4.98 Å². The van der Waals surface area contributed by atoms with Gasteiger partial charge < -0.3 is 19.6 Å². The fraction of sp³-hybridized carbons (Fsp3) is 0.125. The summed E-state index contributed by atoms with van der Waals surface area (Å²) in [4.78, 5) is 14.7. The first kappa shape index (κ1) is 15.0. The Bertz CT molecular complexity index is 906. The van der Waals surface area contributed by atoms with Crippen molar-refractivity contribution in [1.29, 1.82) is 0 Å². The predicted octanol–water partition coefficient (Wildman–Crippen LogP) is 2.45. The Hall–Kier alpha value is -2.96. The van der Waals surface area contributed by atoms with Crippen molar-refractivity contribution in [3.05, 3.63) is 53.1 Å². The molecule has 0 spiro atoms. The quantitative estimate of drug-likeness (QED) is 0.799. The molecule has 0 unspecified atom stereocenters. The first-order valence-corrected chi connectivity index (χ1v) is 6.75.